The number of hydrogen-bond acceptors (Lipinski definition) is 6. The Labute approximate surface area is 190 Å². The average molecular weight is 447 g/mol. The number of aliphatic hydroxyl groups is 2. The first kappa shape index (κ1) is 23.6. The lowest BCUT2D eigenvalue weighted by Crippen LogP contribution is -2.70. The van der Waals surface area contributed by atoms with E-state index in [0.29, 0.717) is 31.3 Å². The Kier molecular flexibility index (Phi) is 4.99. The van der Waals surface area contributed by atoms with Gasteiger partial charge in [-0.15, -0.1) is 0 Å². The van der Waals surface area contributed by atoms with Crippen molar-refractivity contribution in [3.8, 4) is 0 Å². The highest BCUT2D eigenvalue weighted by atomic mass is 16.5. The molecule has 0 unspecified atom stereocenters. The van der Waals surface area contributed by atoms with Gasteiger partial charge in [-0.05, 0) is 69.1 Å². The zero-order valence-electron chi connectivity index (χ0n) is 20.4. The number of allylic oxidation sites excluding steroid dienone is 2. The van der Waals surface area contributed by atoms with E-state index in [9.17, 15) is 24.6 Å². The number of ketones is 2. The van der Waals surface area contributed by atoms with Gasteiger partial charge in [-0.25, -0.2) is 0 Å². The first-order valence-corrected chi connectivity index (χ1v) is 11.9. The fourth-order valence-corrected chi connectivity index (χ4v) is 9.01. The highest BCUT2D eigenvalue weighted by Gasteiger charge is 2.82. The second-order valence-corrected chi connectivity index (χ2v) is 11.9. The summed E-state index contributed by atoms with van der Waals surface area (Å²) in [6.45, 7) is 11.2. The van der Waals surface area contributed by atoms with Crippen LogP contribution in [0.3, 0.4) is 0 Å². The summed E-state index contributed by atoms with van der Waals surface area (Å²) in [4.78, 5) is 41.2. The van der Waals surface area contributed by atoms with Gasteiger partial charge in [0.25, 0.3) is 0 Å². The lowest BCUT2D eigenvalue weighted by molar-refractivity contribution is -0.225. The van der Waals surface area contributed by atoms with Gasteiger partial charge < -0.3 is 14.9 Å². The third kappa shape index (κ3) is 2.17. The molecule has 0 spiro atoms. The number of hydrogen-bond donors (Lipinski definition) is 2. The molecule has 0 aromatic carbocycles. The summed E-state index contributed by atoms with van der Waals surface area (Å²) >= 11 is 0. The molecule has 0 aromatic rings. The molecule has 8 atom stereocenters. The molecule has 0 bridgehead atoms. The maximum atomic E-state index is 14.0. The second kappa shape index (κ2) is 6.75. The molecule has 32 heavy (non-hydrogen) atoms. The quantitative estimate of drug-likeness (QED) is 0.384. The minimum Gasteiger partial charge on any atom is -0.468 e. The summed E-state index contributed by atoms with van der Waals surface area (Å²) in [6, 6.07) is 0. The van der Waals surface area contributed by atoms with E-state index in [1.807, 2.05) is 13.8 Å². The zero-order chi connectivity index (χ0) is 24.1. The van der Waals surface area contributed by atoms with Crippen LogP contribution in [0.15, 0.2) is 11.6 Å². The zero-order valence-corrected chi connectivity index (χ0v) is 20.4. The maximum absolute atomic E-state index is 14.0. The molecular weight excluding hydrogens is 408 g/mol. The van der Waals surface area contributed by atoms with Crippen molar-refractivity contribution in [2.75, 3.05) is 13.7 Å². The van der Waals surface area contributed by atoms with E-state index < -0.39 is 45.1 Å². The van der Waals surface area contributed by atoms with Crippen LogP contribution in [-0.2, 0) is 19.1 Å². The van der Waals surface area contributed by atoms with Gasteiger partial charge in [-0.2, -0.15) is 0 Å². The van der Waals surface area contributed by atoms with Crippen molar-refractivity contribution >= 4 is 17.5 Å². The summed E-state index contributed by atoms with van der Waals surface area (Å²) in [5.74, 6) is -2.36. The average Bonchev–Trinajstić information content (AvgIpc) is 2.91. The molecule has 0 radical (unpaired) electrons. The predicted octanol–water partition coefficient (Wildman–Crippen LogP) is 3.09. The first-order valence-electron chi connectivity index (χ1n) is 11.9. The van der Waals surface area contributed by atoms with Crippen molar-refractivity contribution in [3.63, 3.8) is 0 Å². The number of methoxy groups -OCH3 is 1. The number of esters is 1. The first-order chi connectivity index (χ1) is 14.7. The molecule has 0 aromatic heterocycles. The maximum Gasteiger partial charge on any atom is 0.321 e. The van der Waals surface area contributed by atoms with Crippen LogP contribution in [0.5, 0.6) is 0 Å². The molecule has 3 saturated carbocycles. The summed E-state index contributed by atoms with van der Waals surface area (Å²) < 4.78 is 5.31. The molecule has 6 heteroatoms. The van der Waals surface area contributed by atoms with Gasteiger partial charge in [0.15, 0.2) is 11.6 Å². The van der Waals surface area contributed by atoms with E-state index >= 15 is 0 Å². The number of carbonyl (C=O) groups is 3. The number of rotatable bonds is 2. The SMILES string of the molecule is COC(=O)[C@]12C(=O)[C@@H](C)C(=O)[C@]1(C)C(C)=C[C@H]1[C@@]3(CO)CC[C@H](O)C(C)(C)[C@@H]3CC[C@]12C. The summed E-state index contributed by atoms with van der Waals surface area (Å²) in [5.41, 5.74) is -4.06. The fourth-order valence-electron chi connectivity index (χ4n) is 9.01. The smallest absolute Gasteiger partial charge is 0.321 e. The Morgan fingerprint density at radius 1 is 1.12 bits per heavy atom. The summed E-state index contributed by atoms with van der Waals surface area (Å²) in [6.07, 6.45) is 3.97. The molecule has 0 aliphatic heterocycles. The molecular formula is C26H38O6. The van der Waals surface area contributed by atoms with Crippen molar-refractivity contribution in [2.45, 2.75) is 73.3 Å². The molecule has 0 heterocycles. The van der Waals surface area contributed by atoms with Crippen LogP contribution >= 0.6 is 0 Å². The Morgan fingerprint density at radius 3 is 2.31 bits per heavy atom. The third-order valence-electron chi connectivity index (χ3n) is 10.8. The lowest BCUT2D eigenvalue weighted by atomic mass is 9.33. The molecule has 4 aliphatic carbocycles. The number of carbonyl (C=O) groups excluding carboxylic acids is 3. The van der Waals surface area contributed by atoms with Crippen molar-refractivity contribution < 1.29 is 29.3 Å². The minimum absolute atomic E-state index is 0.0227. The van der Waals surface area contributed by atoms with E-state index in [0.717, 1.165) is 0 Å². The largest absolute Gasteiger partial charge is 0.468 e. The molecule has 4 aliphatic rings. The van der Waals surface area contributed by atoms with Gasteiger partial charge in [0, 0.05) is 12.0 Å². The number of aliphatic hydroxyl groups excluding tert-OH is 2. The normalized spacial score (nSPS) is 49.6. The van der Waals surface area contributed by atoms with Crippen LogP contribution in [0.2, 0.25) is 0 Å². The topological polar surface area (TPSA) is 101 Å². The van der Waals surface area contributed by atoms with E-state index in [1.165, 1.54) is 7.11 Å². The number of Topliss-reactive ketones (excluding diaryl/α,β-unsaturated/α-hetero) is 2. The second-order valence-electron chi connectivity index (χ2n) is 11.9. The molecule has 0 saturated heterocycles. The lowest BCUT2D eigenvalue weighted by Gasteiger charge is -2.68. The summed E-state index contributed by atoms with van der Waals surface area (Å²) in [5, 5.41) is 21.7. The molecule has 178 valence electrons. The van der Waals surface area contributed by atoms with Gasteiger partial charge in [-0.3, -0.25) is 14.4 Å². The standard InChI is InChI=1S/C26H38O6/c1-14-12-17-23(5,10-8-16-22(3,4)18(28)9-11-25(16,17)13-27)26(21(31)32-7)20(30)15(2)19(29)24(14,26)6/h12,15-18,27-28H,8-11,13H2,1-7H3/t15-,16-,17+,18-,23+,24-,25+,26-/m0/s1. The summed E-state index contributed by atoms with van der Waals surface area (Å²) in [7, 11) is 1.29. The Balaban J connectivity index is 2.05. The van der Waals surface area contributed by atoms with Crippen LogP contribution in [0, 0.1) is 44.8 Å². The van der Waals surface area contributed by atoms with Gasteiger partial charge in [0.05, 0.1) is 24.5 Å². The molecule has 2 N–H and O–H groups in total. The van der Waals surface area contributed by atoms with Crippen LogP contribution in [-0.4, -0.2) is 47.6 Å². The number of ether oxygens (including phenoxy) is 1. The monoisotopic (exact) mass is 446 g/mol. The van der Waals surface area contributed by atoms with Gasteiger partial charge >= 0.3 is 5.97 Å². The highest BCUT2D eigenvalue weighted by Crippen LogP contribution is 2.76. The van der Waals surface area contributed by atoms with Crippen molar-refractivity contribution in [1.82, 2.24) is 0 Å². The van der Waals surface area contributed by atoms with Gasteiger partial charge in [0.2, 0.25) is 0 Å². The van der Waals surface area contributed by atoms with Crippen LogP contribution in [0.25, 0.3) is 0 Å². The van der Waals surface area contributed by atoms with Crippen molar-refractivity contribution in [2.24, 2.45) is 44.8 Å². The van der Waals surface area contributed by atoms with Crippen LogP contribution in [0.4, 0.5) is 0 Å². The third-order valence-corrected chi connectivity index (χ3v) is 10.8. The Morgan fingerprint density at radius 2 is 1.75 bits per heavy atom. The molecule has 4 rings (SSSR count). The molecule has 3 fully saturated rings. The molecule has 0 amide bonds. The number of fused-ring (bicyclic) bond motifs is 5. The van der Waals surface area contributed by atoms with E-state index in [-0.39, 0.29) is 30.0 Å². The molecule has 6 nitrogen and oxygen atoms in total. The van der Waals surface area contributed by atoms with E-state index in [4.69, 9.17) is 4.74 Å². The van der Waals surface area contributed by atoms with Crippen LogP contribution < -0.4 is 0 Å². The van der Waals surface area contributed by atoms with Crippen molar-refractivity contribution in [3.05, 3.63) is 11.6 Å². The van der Waals surface area contributed by atoms with Crippen LogP contribution in [0.1, 0.15) is 67.2 Å². The predicted molar refractivity (Wildman–Crippen MR) is 118 cm³/mol. The fraction of sp³-hybridized carbons (Fsp3) is 0.808. The minimum atomic E-state index is -1.62. The van der Waals surface area contributed by atoms with E-state index in [2.05, 4.69) is 19.9 Å². The van der Waals surface area contributed by atoms with Gasteiger partial charge in [-0.1, -0.05) is 32.4 Å². The van der Waals surface area contributed by atoms with Crippen molar-refractivity contribution in [1.29, 1.82) is 0 Å². The van der Waals surface area contributed by atoms with E-state index in [1.54, 1.807) is 13.8 Å². The Hall–Kier alpha value is -1.53. The Bertz CT molecular complexity index is 919. The van der Waals surface area contributed by atoms with Gasteiger partial charge in [0.1, 0.15) is 5.41 Å². The highest BCUT2D eigenvalue weighted by molar-refractivity contribution is 6.25.